The molecule has 3 rings (SSSR count). The van der Waals surface area contributed by atoms with Crippen LogP contribution in [-0.4, -0.2) is 80.2 Å². The van der Waals surface area contributed by atoms with Gasteiger partial charge in [-0.25, -0.2) is 8.42 Å². The van der Waals surface area contributed by atoms with Gasteiger partial charge >= 0.3 is 0 Å². The summed E-state index contributed by atoms with van der Waals surface area (Å²) in [4.78, 5) is 15.1. The van der Waals surface area contributed by atoms with E-state index in [2.05, 4.69) is 29.2 Å². The van der Waals surface area contributed by atoms with Crippen molar-refractivity contribution in [1.82, 2.24) is 19.7 Å². The first-order valence-electron chi connectivity index (χ1n) is 10.8. The van der Waals surface area contributed by atoms with Crippen molar-refractivity contribution in [2.24, 2.45) is 5.92 Å². The number of carbonyl (C=O) groups excluding carboxylic acids is 1. The minimum atomic E-state index is -3.72. The predicted molar refractivity (Wildman–Crippen MR) is 112 cm³/mol. The van der Waals surface area contributed by atoms with Crippen LogP contribution in [0.25, 0.3) is 0 Å². The first kappa shape index (κ1) is 23.2. The summed E-state index contributed by atoms with van der Waals surface area (Å²) in [7, 11) is -3.72. The molecule has 0 spiro atoms. The number of nitrogens with one attached hydrogen (secondary N) is 1. The van der Waals surface area contributed by atoms with Gasteiger partial charge in [-0.1, -0.05) is 5.16 Å². The molecule has 1 aromatic heterocycles. The molecule has 10 heteroatoms. The van der Waals surface area contributed by atoms with Crippen molar-refractivity contribution < 1.29 is 22.5 Å². The summed E-state index contributed by atoms with van der Waals surface area (Å²) in [6.07, 6.45) is 2.67. The minimum Gasteiger partial charge on any atom is -0.373 e. The number of carbonyl (C=O) groups is 1. The van der Waals surface area contributed by atoms with Gasteiger partial charge in [-0.05, 0) is 47.0 Å². The molecule has 0 aliphatic carbocycles. The molecule has 0 radical (unpaired) electrons. The van der Waals surface area contributed by atoms with E-state index in [1.54, 1.807) is 13.8 Å². The van der Waals surface area contributed by atoms with Gasteiger partial charge < -0.3 is 14.6 Å². The van der Waals surface area contributed by atoms with Gasteiger partial charge in [-0.2, -0.15) is 4.31 Å². The summed E-state index contributed by atoms with van der Waals surface area (Å²) >= 11 is 0. The van der Waals surface area contributed by atoms with Crippen LogP contribution in [0.4, 0.5) is 0 Å². The highest BCUT2D eigenvalue weighted by atomic mass is 32.2. The summed E-state index contributed by atoms with van der Waals surface area (Å²) in [6.45, 7) is 11.3. The maximum atomic E-state index is 13.0. The van der Waals surface area contributed by atoms with E-state index in [1.165, 1.54) is 4.31 Å². The van der Waals surface area contributed by atoms with Crippen molar-refractivity contribution in [2.45, 2.75) is 64.1 Å². The quantitative estimate of drug-likeness (QED) is 0.635. The molecule has 3 heterocycles. The third-order valence-electron chi connectivity index (χ3n) is 5.77. The zero-order valence-corrected chi connectivity index (χ0v) is 19.2. The number of morpholine rings is 1. The Balaban J connectivity index is 1.49. The lowest BCUT2D eigenvalue weighted by Gasteiger charge is -2.35. The van der Waals surface area contributed by atoms with Gasteiger partial charge in [0.25, 0.3) is 0 Å². The Morgan fingerprint density at radius 2 is 1.90 bits per heavy atom. The molecule has 2 aliphatic heterocycles. The van der Waals surface area contributed by atoms with E-state index < -0.39 is 10.0 Å². The summed E-state index contributed by atoms with van der Waals surface area (Å²) in [6, 6.07) is 0. The average Bonchev–Trinajstić information content (AvgIpc) is 3.03. The van der Waals surface area contributed by atoms with Gasteiger partial charge in [0.1, 0.15) is 10.6 Å². The zero-order valence-electron chi connectivity index (χ0n) is 18.4. The Hall–Kier alpha value is -1.49. The second-order valence-electron chi connectivity index (χ2n) is 8.52. The summed E-state index contributed by atoms with van der Waals surface area (Å²) in [5.41, 5.74) is 0.353. The predicted octanol–water partition coefficient (Wildman–Crippen LogP) is 1.31. The first-order chi connectivity index (χ1) is 14.2. The fraction of sp³-hybridized carbons (Fsp3) is 0.800. The molecule has 170 valence electrons. The Morgan fingerprint density at radius 3 is 2.53 bits per heavy atom. The maximum absolute atomic E-state index is 13.0. The molecule has 9 nitrogen and oxygen atoms in total. The normalized spacial score (nSPS) is 26.6. The molecule has 3 unspecified atom stereocenters. The van der Waals surface area contributed by atoms with Crippen LogP contribution >= 0.6 is 0 Å². The molecular formula is C20H34N4O5S. The van der Waals surface area contributed by atoms with Crippen molar-refractivity contribution >= 4 is 15.9 Å². The van der Waals surface area contributed by atoms with E-state index in [0.29, 0.717) is 31.6 Å². The number of rotatable bonds is 7. The second kappa shape index (κ2) is 9.76. The number of ether oxygens (including phenoxy) is 1. The van der Waals surface area contributed by atoms with Gasteiger partial charge in [0, 0.05) is 39.3 Å². The number of aromatic nitrogens is 1. The van der Waals surface area contributed by atoms with Gasteiger partial charge in [0.15, 0.2) is 5.76 Å². The van der Waals surface area contributed by atoms with E-state index in [0.717, 1.165) is 26.1 Å². The molecule has 2 saturated heterocycles. The summed E-state index contributed by atoms with van der Waals surface area (Å²) < 4.78 is 38.2. The van der Waals surface area contributed by atoms with Crippen LogP contribution in [0.2, 0.25) is 0 Å². The highest BCUT2D eigenvalue weighted by molar-refractivity contribution is 7.89. The highest BCUT2D eigenvalue weighted by Crippen LogP contribution is 2.27. The standard InChI is InChI=1S/C20H34N4O5S/c1-14-11-23(12-15(2)28-14)9-6-8-21-20(25)18-7-5-10-24(13-18)30(26,27)19-16(3)22-29-17(19)4/h14-15,18H,5-13H2,1-4H3,(H,21,25). The number of aryl methyl sites for hydroxylation is 2. The van der Waals surface area contributed by atoms with Crippen LogP contribution < -0.4 is 5.32 Å². The van der Waals surface area contributed by atoms with E-state index in [1.807, 2.05) is 0 Å². The number of amides is 1. The maximum Gasteiger partial charge on any atom is 0.248 e. The van der Waals surface area contributed by atoms with Crippen LogP contribution in [0, 0.1) is 19.8 Å². The van der Waals surface area contributed by atoms with E-state index in [9.17, 15) is 13.2 Å². The van der Waals surface area contributed by atoms with Crippen molar-refractivity contribution in [1.29, 1.82) is 0 Å². The molecule has 30 heavy (non-hydrogen) atoms. The van der Waals surface area contributed by atoms with Gasteiger partial charge in [0.05, 0.1) is 18.1 Å². The largest absolute Gasteiger partial charge is 0.373 e. The second-order valence-corrected chi connectivity index (χ2v) is 10.4. The fourth-order valence-electron chi connectivity index (χ4n) is 4.47. The topological polar surface area (TPSA) is 105 Å². The fourth-order valence-corrected chi connectivity index (χ4v) is 6.29. The molecule has 0 aromatic carbocycles. The Morgan fingerprint density at radius 1 is 1.20 bits per heavy atom. The van der Waals surface area contributed by atoms with Gasteiger partial charge in [-0.15, -0.1) is 0 Å². The zero-order chi connectivity index (χ0) is 21.9. The van der Waals surface area contributed by atoms with E-state index in [-0.39, 0.29) is 41.2 Å². The molecule has 2 aliphatic rings. The van der Waals surface area contributed by atoms with Crippen molar-refractivity contribution in [3.8, 4) is 0 Å². The van der Waals surface area contributed by atoms with Crippen LogP contribution in [0.3, 0.4) is 0 Å². The van der Waals surface area contributed by atoms with Crippen LogP contribution in [0.15, 0.2) is 9.42 Å². The lowest BCUT2D eigenvalue weighted by Crippen LogP contribution is -2.47. The highest BCUT2D eigenvalue weighted by Gasteiger charge is 2.36. The third-order valence-corrected chi connectivity index (χ3v) is 7.88. The van der Waals surface area contributed by atoms with Crippen molar-refractivity contribution in [3.63, 3.8) is 0 Å². The number of sulfonamides is 1. The van der Waals surface area contributed by atoms with Crippen LogP contribution in [0.5, 0.6) is 0 Å². The monoisotopic (exact) mass is 442 g/mol. The van der Waals surface area contributed by atoms with E-state index in [4.69, 9.17) is 9.26 Å². The van der Waals surface area contributed by atoms with Crippen LogP contribution in [0.1, 0.15) is 44.6 Å². The lowest BCUT2D eigenvalue weighted by molar-refractivity contribution is -0.126. The number of hydrogen-bond acceptors (Lipinski definition) is 7. The average molecular weight is 443 g/mol. The minimum absolute atomic E-state index is 0.0719. The molecule has 2 fully saturated rings. The Kier molecular flexibility index (Phi) is 7.54. The SMILES string of the molecule is Cc1noc(C)c1S(=O)(=O)N1CCCC(C(=O)NCCCN2CC(C)OC(C)C2)C1. The Labute approximate surface area is 179 Å². The third kappa shape index (κ3) is 5.40. The molecule has 1 aromatic rings. The molecule has 0 bridgehead atoms. The smallest absolute Gasteiger partial charge is 0.248 e. The van der Waals surface area contributed by atoms with Crippen molar-refractivity contribution in [3.05, 3.63) is 11.5 Å². The van der Waals surface area contributed by atoms with Crippen molar-refractivity contribution in [2.75, 3.05) is 39.3 Å². The van der Waals surface area contributed by atoms with E-state index >= 15 is 0 Å². The molecule has 1 amide bonds. The molecular weight excluding hydrogens is 408 g/mol. The van der Waals surface area contributed by atoms with Gasteiger partial charge in [0.2, 0.25) is 15.9 Å². The lowest BCUT2D eigenvalue weighted by atomic mass is 9.99. The first-order valence-corrected chi connectivity index (χ1v) is 12.2. The number of nitrogens with zero attached hydrogens (tertiary/aromatic N) is 3. The number of hydrogen-bond donors (Lipinski definition) is 1. The Bertz CT molecular complexity index is 811. The molecule has 1 N–H and O–H groups in total. The summed E-state index contributed by atoms with van der Waals surface area (Å²) in [5, 5.41) is 6.75. The molecule has 3 atom stereocenters. The number of piperidine rings is 1. The van der Waals surface area contributed by atoms with Gasteiger partial charge in [-0.3, -0.25) is 9.69 Å². The summed E-state index contributed by atoms with van der Waals surface area (Å²) in [5.74, 6) is -0.124. The molecule has 0 saturated carbocycles. The van der Waals surface area contributed by atoms with Crippen LogP contribution in [-0.2, 0) is 19.6 Å².